The van der Waals surface area contributed by atoms with E-state index in [0.29, 0.717) is 22.8 Å². The van der Waals surface area contributed by atoms with E-state index in [4.69, 9.17) is 14.9 Å². The van der Waals surface area contributed by atoms with Crippen molar-refractivity contribution in [1.82, 2.24) is 4.98 Å². The molecule has 2 aromatic carbocycles. The van der Waals surface area contributed by atoms with E-state index in [1.54, 1.807) is 6.07 Å². The van der Waals surface area contributed by atoms with Crippen LogP contribution in [-0.4, -0.2) is 17.5 Å². The molecule has 5 nitrogen and oxygen atoms in total. The van der Waals surface area contributed by atoms with Crippen LogP contribution in [0.1, 0.15) is 0 Å². The van der Waals surface area contributed by atoms with Crippen molar-refractivity contribution in [2.24, 2.45) is 5.73 Å². The number of carbonyl (C=O) groups excluding carboxylic acids is 1. The number of hydrogen-bond acceptors (Lipinski definition) is 4. The predicted octanol–water partition coefficient (Wildman–Crippen LogP) is 2.36. The van der Waals surface area contributed by atoms with E-state index in [1.165, 1.54) is 0 Å². The number of primary amides is 1. The summed E-state index contributed by atoms with van der Waals surface area (Å²) in [6.07, 6.45) is 0. The summed E-state index contributed by atoms with van der Waals surface area (Å²) in [7, 11) is 0. The summed E-state index contributed by atoms with van der Waals surface area (Å²) < 4.78 is 11.1. The molecule has 0 aliphatic rings. The predicted molar refractivity (Wildman–Crippen MR) is 74.1 cm³/mol. The molecule has 0 spiro atoms. The van der Waals surface area contributed by atoms with Crippen LogP contribution in [0.25, 0.3) is 22.6 Å². The van der Waals surface area contributed by atoms with Gasteiger partial charge in [0.1, 0.15) is 11.3 Å². The summed E-state index contributed by atoms with van der Waals surface area (Å²) in [5.74, 6) is 0.432. The SMILES string of the molecule is NC(=O)COc1ccccc1-c1nc2ccccc2o1. The Morgan fingerprint density at radius 2 is 1.90 bits per heavy atom. The number of rotatable bonds is 4. The number of hydrogen-bond donors (Lipinski definition) is 1. The van der Waals surface area contributed by atoms with Crippen LogP contribution < -0.4 is 10.5 Å². The molecule has 0 aliphatic carbocycles. The molecule has 2 N–H and O–H groups in total. The van der Waals surface area contributed by atoms with Crippen LogP contribution in [0.15, 0.2) is 52.9 Å². The van der Waals surface area contributed by atoms with E-state index >= 15 is 0 Å². The molecule has 3 aromatic rings. The van der Waals surface area contributed by atoms with Crippen LogP contribution in [0.3, 0.4) is 0 Å². The fourth-order valence-corrected chi connectivity index (χ4v) is 1.91. The first-order chi connectivity index (χ1) is 9.74. The standard InChI is InChI=1S/C15H12N2O3/c16-14(18)9-19-12-7-3-1-5-10(12)15-17-11-6-2-4-8-13(11)20-15/h1-8H,9H2,(H2,16,18). The Kier molecular flexibility index (Phi) is 3.09. The summed E-state index contributed by atoms with van der Waals surface area (Å²) >= 11 is 0. The van der Waals surface area contributed by atoms with Crippen molar-refractivity contribution in [1.29, 1.82) is 0 Å². The number of carbonyl (C=O) groups is 1. The van der Waals surface area contributed by atoms with E-state index in [0.717, 1.165) is 5.52 Å². The van der Waals surface area contributed by atoms with Crippen molar-refractivity contribution in [3.8, 4) is 17.2 Å². The van der Waals surface area contributed by atoms with Crippen LogP contribution >= 0.6 is 0 Å². The van der Waals surface area contributed by atoms with Crippen molar-refractivity contribution in [2.75, 3.05) is 6.61 Å². The molecule has 3 rings (SSSR count). The Morgan fingerprint density at radius 3 is 2.70 bits per heavy atom. The zero-order valence-electron chi connectivity index (χ0n) is 10.6. The second-order valence-electron chi connectivity index (χ2n) is 4.24. The lowest BCUT2D eigenvalue weighted by Crippen LogP contribution is -2.20. The van der Waals surface area contributed by atoms with Gasteiger partial charge in [0, 0.05) is 0 Å². The van der Waals surface area contributed by atoms with Gasteiger partial charge in [-0.2, -0.15) is 0 Å². The third-order valence-corrected chi connectivity index (χ3v) is 2.78. The smallest absolute Gasteiger partial charge is 0.255 e. The molecular formula is C15H12N2O3. The quantitative estimate of drug-likeness (QED) is 0.787. The normalized spacial score (nSPS) is 10.6. The summed E-state index contributed by atoms with van der Waals surface area (Å²) in [5.41, 5.74) is 7.24. The van der Waals surface area contributed by atoms with Gasteiger partial charge in [0.15, 0.2) is 12.2 Å². The van der Waals surface area contributed by atoms with Crippen LogP contribution in [0.4, 0.5) is 0 Å². The maximum absolute atomic E-state index is 10.8. The molecule has 0 radical (unpaired) electrons. The number of ether oxygens (including phenoxy) is 1. The lowest BCUT2D eigenvalue weighted by molar-refractivity contribution is -0.119. The molecule has 5 heteroatoms. The zero-order chi connectivity index (χ0) is 13.9. The number of nitrogens with two attached hydrogens (primary N) is 1. The maximum atomic E-state index is 10.8. The van der Waals surface area contributed by atoms with Gasteiger partial charge in [0.2, 0.25) is 5.89 Å². The van der Waals surface area contributed by atoms with Gasteiger partial charge < -0.3 is 14.9 Å². The van der Waals surface area contributed by atoms with Gasteiger partial charge in [0.05, 0.1) is 5.56 Å². The highest BCUT2D eigenvalue weighted by atomic mass is 16.5. The minimum Gasteiger partial charge on any atom is -0.483 e. The van der Waals surface area contributed by atoms with Gasteiger partial charge in [-0.15, -0.1) is 0 Å². The molecule has 20 heavy (non-hydrogen) atoms. The van der Waals surface area contributed by atoms with Crippen molar-refractivity contribution >= 4 is 17.0 Å². The van der Waals surface area contributed by atoms with E-state index in [2.05, 4.69) is 4.98 Å². The molecule has 0 aliphatic heterocycles. The third kappa shape index (κ3) is 2.33. The second kappa shape index (κ2) is 5.05. The van der Waals surface area contributed by atoms with Crippen LogP contribution in [-0.2, 0) is 4.79 Å². The molecule has 100 valence electrons. The number of oxazole rings is 1. The van der Waals surface area contributed by atoms with Crippen LogP contribution in [0.5, 0.6) is 5.75 Å². The van der Waals surface area contributed by atoms with E-state index in [-0.39, 0.29) is 6.61 Å². The van der Waals surface area contributed by atoms with Crippen molar-refractivity contribution in [3.63, 3.8) is 0 Å². The van der Waals surface area contributed by atoms with Gasteiger partial charge in [-0.25, -0.2) is 4.98 Å². The first-order valence-electron chi connectivity index (χ1n) is 6.10. The minimum absolute atomic E-state index is 0.183. The minimum atomic E-state index is -0.530. The lowest BCUT2D eigenvalue weighted by Gasteiger charge is -2.07. The van der Waals surface area contributed by atoms with Gasteiger partial charge in [-0.3, -0.25) is 4.79 Å². The Balaban J connectivity index is 2.02. The third-order valence-electron chi connectivity index (χ3n) is 2.78. The first kappa shape index (κ1) is 12.2. The van der Waals surface area contributed by atoms with Gasteiger partial charge in [0.25, 0.3) is 5.91 Å². The van der Waals surface area contributed by atoms with Gasteiger partial charge in [-0.05, 0) is 24.3 Å². The summed E-state index contributed by atoms with van der Waals surface area (Å²) in [6, 6.07) is 14.7. The lowest BCUT2D eigenvalue weighted by atomic mass is 10.2. The highest BCUT2D eigenvalue weighted by molar-refractivity contribution is 5.78. The van der Waals surface area contributed by atoms with Crippen molar-refractivity contribution < 1.29 is 13.9 Å². The molecule has 0 unspecified atom stereocenters. The summed E-state index contributed by atoms with van der Waals surface area (Å²) in [5, 5.41) is 0. The summed E-state index contributed by atoms with van der Waals surface area (Å²) in [6.45, 7) is -0.183. The number of nitrogens with zero attached hydrogens (tertiary/aromatic N) is 1. The highest BCUT2D eigenvalue weighted by Crippen LogP contribution is 2.31. The number of para-hydroxylation sites is 3. The molecule has 0 saturated heterocycles. The number of benzene rings is 2. The second-order valence-corrected chi connectivity index (χ2v) is 4.24. The average Bonchev–Trinajstić information content (AvgIpc) is 2.89. The molecule has 1 aromatic heterocycles. The molecule has 0 fully saturated rings. The van der Waals surface area contributed by atoms with Gasteiger partial charge in [-0.1, -0.05) is 24.3 Å². The largest absolute Gasteiger partial charge is 0.483 e. The molecule has 0 atom stereocenters. The maximum Gasteiger partial charge on any atom is 0.255 e. The monoisotopic (exact) mass is 268 g/mol. The van der Waals surface area contributed by atoms with Crippen molar-refractivity contribution in [3.05, 3.63) is 48.5 Å². The first-order valence-corrected chi connectivity index (χ1v) is 6.10. The molecule has 0 saturated carbocycles. The Bertz CT molecular complexity index is 731. The van der Waals surface area contributed by atoms with Crippen molar-refractivity contribution in [2.45, 2.75) is 0 Å². The van der Waals surface area contributed by atoms with E-state index in [1.807, 2.05) is 42.5 Å². The Morgan fingerprint density at radius 1 is 1.15 bits per heavy atom. The van der Waals surface area contributed by atoms with Gasteiger partial charge >= 0.3 is 0 Å². The highest BCUT2D eigenvalue weighted by Gasteiger charge is 2.13. The fourth-order valence-electron chi connectivity index (χ4n) is 1.91. The number of aromatic nitrogens is 1. The zero-order valence-corrected chi connectivity index (χ0v) is 10.6. The topological polar surface area (TPSA) is 78.4 Å². The van der Waals surface area contributed by atoms with Crippen LogP contribution in [0.2, 0.25) is 0 Å². The molecule has 0 bridgehead atoms. The molecular weight excluding hydrogens is 256 g/mol. The average molecular weight is 268 g/mol. The number of amides is 1. The van der Waals surface area contributed by atoms with E-state index < -0.39 is 5.91 Å². The molecule has 1 amide bonds. The fraction of sp³-hybridized carbons (Fsp3) is 0.0667. The Labute approximate surface area is 115 Å². The molecule has 1 heterocycles. The number of fused-ring (bicyclic) bond motifs is 1. The summed E-state index contributed by atoms with van der Waals surface area (Å²) in [4.78, 5) is 15.2. The van der Waals surface area contributed by atoms with E-state index in [9.17, 15) is 4.79 Å². The van der Waals surface area contributed by atoms with Crippen LogP contribution in [0, 0.1) is 0 Å². The Hall–Kier alpha value is -2.82.